The highest BCUT2D eigenvalue weighted by molar-refractivity contribution is 6.33. The molecule has 0 saturated carbocycles. The first-order chi connectivity index (χ1) is 15.2. The summed E-state index contributed by atoms with van der Waals surface area (Å²) in [6.45, 7) is 0. The van der Waals surface area contributed by atoms with Crippen LogP contribution in [-0.4, -0.2) is 18.0 Å². The number of hydrogen-bond acceptors (Lipinski definition) is 4. The standard InChI is InChI=1S/C21H10Cl2F4N2O3/c1-31-19-17(26)15(24)14(16(25)18(19)27)20(30)28-9-3-4-11(23)10(7-9)21-29-12-6-8(22)2-5-13(12)32-21/h2-7H,1H3,(H,28,30). The lowest BCUT2D eigenvalue weighted by Crippen LogP contribution is -2.19. The number of halogens is 6. The fourth-order valence-corrected chi connectivity index (χ4v) is 3.33. The van der Waals surface area contributed by atoms with Gasteiger partial charge in [-0.15, -0.1) is 0 Å². The zero-order chi connectivity index (χ0) is 23.2. The molecule has 5 nitrogen and oxygen atoms in total. The van der Waals surface area contributed by atoms with Crippen LogP contribution in [0.1, 0.15) is 10.4 Å². The molecule has 0 aliphatic heterocycles. The van der Waals surface area contributed by atoms with Crippen LogP contribution >= 0.6 is 23.2 Å². The fraction of sp³-hybridized carbons (Fsp3) is 0.0476. The number of methoxy groups -OCH3 is 1. The lowest BCUT2D eigenvalue weighted by atomic mass is 10.1. The number of carbonyl (C=O) groups is 1. The molecule has 1 amide bonds. The number of amides is 1. The average Bonchev–Trinajstić information content (AvgIpc) is 3.17. The minimum Gasteiger partial charge on any atom is -0.491 e. The molecule has 4 rings (SSSR count). The van der Waals surface area contributed by atoms with E-state index in [1.54, 1.807) is 18.2 Å². The number of carbonyl (C=O) groups excluding carboxylic acids is 1. The van der Waals surface area contributed by atoms with Crippen LogP contribution in [0.2, 0.25) is 10.0 Å². The molecule has 0 aliphatic rings. The van der Waals surface area contributed by atoms with Crippen molar-refractivity contribution in [2.45, 2.75) is 0 Å². The summed E-state index contributed by atoms with van der Waals surface area (Å²) >= 11 is 12.1. The Bertz CT molecular complexity index is 1360. The second kappa shape index (κ2) is 8.33. The monoisotopic (exact) mass is 484 g/mol. The first-order valence-corrected chi connectivity index (χ1v) is 9.54. The number of nitrogens with zero attached hydrogens (tertiary/aromatic N) is 1. The first kappa shape index (κ1) is 21.9. The molecule has 0 unspecified atom stereocenters. The molecule has 32 heavy (non-hydrogen) atoms. The van der Waals surface area contributed by atoms with E-state index < -0.39 is 40.5 Å². The van der Waals surface area contributed by atoms with Crippen LogP contribution in [0.5, 0.6) is 5.75 Å². The van der Waals surface area contributed by atoms with Crippen molar-refractivity contribution in [1.29, 1.82) is 0 Å². The zero-order valence-electron chi connectivity index (χ0n) is 15.9. The molecule has 11 heteroatoms. The van der Waals surface area contributed by atoms with E-state index in [-0.39, 0.29) is 22.2 Å². The summed E-state index contributed by atoms with van der Waals surface area (Å²) in [5.74, 6) is -10.1. The van der Waals surface area contributed by atoms with E-state index in [9.17, 15) is 22.4 Å². The number of oxazole rings is 1. The highest BCUT2D eigenvalue weighted by atomic mass is 35.5. The smallest absolute Gasteiger partial charge is 0.261 e. The Hall–Kier alpha value is -3.30. The van der Waals surface area contributed by atoms with Gasteiger partial charge in [0.2, 0.25) is 17.5 Å². The van der Waals surface area contributed by atoms with Gasteiger partial charge in [0.1, 0.15) is 11.1 Å². The third-order valence-electron chi connectivity index (χ3n) is 4.46. The molecule has 0 atom stereocenters. The van der Waals surface area contributed by atoms with Gasteiger partial charge in [-0.3, -0.25) is 4.79 Å². The van der Waals surface area contributed by atoms with Crippen molar-refractivity contribution in [1.82, 2.24) is 4.98 Å². The van der Waals surface area contributed by atoms with Gasteiger partial charge in [-0.25, -0.2) is 13.8 Å². The molecule has 1 heterocycles. The lowest BCUT2D eigenvalue weighted by molar-refractivity contribution is 0.101. The molecule has 0 spiro atoms. The Morgan fingerprint density at radius 3 is 2.34 bits per heavy atom. The van der Waals surface area contributed by atoms with Gasteiger partial charge in [-0.05, 0) is 36.4 Å². The van der Waals surface area contributed by atoms with E-state index in [0.29, 0.717) is 16.1 Å². The number of fused-ring (bicyclic) bond motifs is 1. The van der Waals surface area contributed by atoms with Gasteiger partial charge in [0, 0.05) is 10.7 Å². The predicted molar refractivity (Wildman–Crippen MR) is 110 cm³/mol. The number of aromatic nitrogens is 1. The minimum atomic E-state index is -1.90. The van der Waals surface area contributed by atoms with E-state index in [2.05, 4.69) is 15.0 Å². The Morgan fingerprint density at radius 1 is 1.00 bits per heavy atom. The largest absolute Gasteiger partial charge is 0.491 e. The molecule has 0 saturated heterocycles. The Morgan fingerprint density at radius 2 is 1.69 bits per heavy atom. The van der Waals surface area contributed by atoms with Gasteiger partial charge in [-0.1, -0.05) is 23.2 Å². The maximum atomic E-state index is 14.2. The second-order valence-corrected chi connectivity index (χ2v) is 7.29. The van der Waals surface area contributed by atoms with Crippen molar-refractivity contribution in [3.8, 4) is 17.2 Å². The Kier molecular flexibility index (Phi) is 5.70. The normalized spacial score (nSPS) is 11.1. The third-order valence-corrected chi connectivity index (χ3v) is 5.02. The van der Waals surface area contributed by atoms with E-state index in [4.69, 9.17) is 27.6 Å². The molecule has 0 fully saturated rings. The second-order valence-electron chi connectivity index (χ2n) is 6.44. The zero-order valence-corrected chi connectivity index (χ0v) is 17.4. The van der Waals surface area contributed by atoms with E-state index in [1.165, 1.54) is 18.2 Å². The highest BCUT2D eigenvalue weighted by Crippen LogP contribution is 2.34. The van der Waals surface area contributed by atoms with Crippen LogP contribution in [0.3, 0.4) is 0 Å². The number of rotatable bonds is 4. The Labute approximate surface area is 187 Å². The SMILES string of the molecule is COc1c(F)c(F)c(C(=O)Nc2ccc(Cl)c(-c3nc4cc(Cl)ccc4o3)c2)c(F)c1F. The van der Waals surface area contributed by atoms with Gasteiger partial charge in [0.15, 0.2) is 23.0 Å². The summed E-state index contributed by atoms with van der Waals surface area (Å²) < 4.78 is 66.2. The molecule has 3 aromatic carbocycles. The molecular formula is C21H10Cl2F4N2O3. The maximum absolute atomic E-state index is 14.2. The molecule has 4 aromatic rings. The van der Waals surface area contributed by atoms with E-state index in [1.807, 2.05) is 0 Å². The van der Waals surface area contributed by atoms with Gasteiger partial charge < -0.3 is 14.5 Å². The number of nitrogens with one attached hydrogen (secondary N) is 1. The van der Waals surface area contributed by atoms with Gasteiger partial charge in [0.25, 0.3) is 5.91 Å². The van der Waals surface area contributed by atoms with E-state index >= 15 is 0 Å². The average molecular weight is 485 g/mol. The molecule has 1 N–H and O–H groups in total. The maximum Gasteiger partial charge on any atom is 0.261 e. The van der Waals surface area contributed by atoms with Crippen molar-refractivity contribution in [3.05, 3.63) is 75.3 Å². The highest BCUT2D eigenvalue weighted by Gasteiger charge is 2.30. The van der Waals surface area contributed by atoms with Crippen LogP contribution in [0.15, 0.2) is 40.8 Å². The van der Waals surface area contributed by atoms with Crippen LogP contribution in [-0.2, 0) is 0 Å². The summed E-state index contributed by atoms with van der Waals surface area (Å²) in [7, 11) is 0.829. The van der Waals surface area contributed by atoms with Crippen LogP contribution in [0.25, 0.3) is 22.6 Å². The quantitative estimate of drug-likeness (QED) is 0.261. The number of hydrogen-bond donors (Lipinski definition) is 1. The molecule has 1 aromatic heterocycles. The number of ether oxygens (including phenoxy) is 1. The summed E-state index contributed by atoms with van der Waals surface area (Å²) in [6.07, 6.45) is 0. The van der Waals surface area contributed by atoms with Crippen molar-refractivity contribution >= 4 is 45.9 Å². The van der Waals surface area contributed by atoms with Crippen LogP contribution in [0, 0.1) is 23.3 Å². The van der Waals surface area contributed by atoms with Gasteiger partial charge in [-0.2, -0.15) is 8.78 Å². The summed E-state index contributed by atoms with van der Waals surface area (Å²) in [5, 5.41) is 2.80. The van der Waals surface area contributed by atoms with Crippen molar-refractivity contribution in [2.24, 2.45) is 0 Å². The summed E-state index contributed by atoms with van der Waals surface area (Å²) in [6, 6.07) is 8.78. The molecule has 0 radical (unpaired) electrons. The van der Waals surface area contributed by atoms with Gasteiger partial charge >= 0.3 is 0 Å². The van der Waals surface area contributed by atoms with Crippen molar-refractivity contribution in [3.63, 3.8) is 0 Å². The summed E-state index contributed by atoms with van der Waals surface area (Å²) in [4.78, 5) is 16.7. The lowest BCUT2D eigenvalue weighted by Gasteiger charge is -2.12. The first-order valence-electron chi connectivity index (χ1n) is 8.78. The molecule has 0 bridgehead atoms. The number of anilines is 1. The Balaban J connectivity index is 1.71. The van der Waals surface area contributed by atoms with E-state index in [0.717, 1.165) is 7.11 Å². The fourth-order valence-electron chi connectivity index (χ4n) is 2.97. The van der Waals surface area contributed by atoms with Crippen molar-refractivity contribution in [2.75, 3.05) is 12.4 Å². The van der Waals surface area contributed by atoms with Crippen LogP contribution in [0.4, 0.5) is 23.2 Å². The molecule has 164 valence electrons. The van der Waals surface area contributed by atoms with Gasteiger partial charge in [0.05, 0.1) is 17.7 Å². The summed E-state index contributed by atoms with van der Waals surface area (Å²) in [5.41, 5.74) is -0.335. The molecular weight excluding hydrogens is 475 g/mol. The molecule has 0 aliphatic carbocycles. The number of benzene rings is 3. The van der Waals surface area contributed by atoms with Crippen molar-refractivity contribution < 1.29 is 31.5 Å². The predicted octanol–water partition coefficient (Wildman–Crippen LogP) is 6.62. The van der Waals surface area contributed by atoms with Crippen LogP contribution < -0.4 is 10.1 Å². The topological polar surface area (TPSA) is 64.4 Å². The third kappa shape index (κ3) is 3.74. The minimum absolute atomic E-state index is 0.00474.